The van der Waals surface area contributed by atoms with Gasteiger partial charge in [-0.2, -0.15) is 0 Å². The number of carboxylic acid groups (broad SMARTS) is 10. The van der Waals surface area contributed by atoms with E-state index in [0.717, 1.165) is 82.5 Å². The molecule has 0 unspecified atom stereocenters. The molecule has 11 aromatic carbocycles. The van der Waals surface area contributed by atoms with Gasteiger partial charge in [-0.25, -0.2) is 47.9 Å². The number of hydrogen-bond donors (Lipinski definition) is 10. The number of hydrogen-bond acceptors (Lipinski definition) is 13. The molecule has 0 aliphatic heterocycles. The summed E-state index contributed by atoms with van der Waals surface area (Å²) in [7, 11) is 3.12. The lowest BCUT2D eigenvalue weighted by Crippen LogP contribution is -2.11. The van der Waals surface area contributed by atoms with Crippen LogP contribution in [0.2, 0.25) is 0 Å². The van der Waals surface area contributed by atoms with Gasteiger partial charge in [-0.05, 0) is 241 Å². The number of carbonyl (C=O) groups is 10. The summed E-state index contributed by atoms with van der Waals surface area (Å²) in [5, 5.41) is 85.6. The van der Waals surface area contributed by atoms with Crippen molar-refractivity contribution in [3.63, 3.8) is 0 Å². The van der Waals surface area contributed by atoms with Gasteiger partial charge in [0.05, 0.1) is 65.3 Å². The molecule has 0 atom stereocenters. The third-order valence-electron chi connectivity index (χ3n) is 17.7. The minimum Gasteiger partial charge on any atom is -0.497 e. The first-order valence-corrected chi connectivity index (χ1v) is 40.4. The zero-order chi connectivity index (χ0) is 93.8. The minimum atomic E-state index is -0.948. The number of methoxy groups -OCH3 is 2. The van der Waals surface area contributed by atoms with Gasteiger partial charge in [0.25, 0.3) is 0 Å². The number of ether oxygens (including phenoxy) is 3. The molecule has 0 aliphatic rings. The van der Waals surface area contributed by atoms with E-state index < -0.39 is 59.7 Å². The summed E-state index contributed by atoms with van der Waals surface area (Å²) >= 11 is 0. The Kier molecular flexibility index (Phi) is 52.1. The quantitative estimate of drug-likeness (QED) is 0.0161. The van der Waals surface area contributed by atoms with Crippen LogP contribution in [-0.4, -0.2) is 132 Å². The first-order valence-electron chi connectivity index (χ1n) is 40.4. The van der Waals surface area contributed by atoms with Crippen LogP contribution in [0.1, 0.15) is 222 Å². The smallest absolute Gasteiger partial charge is 0.335 e. The van der Waals surface area contributed by atoms with Gasteiger partial charge in [-0.15, -0.1) is 0 Å². The number of rotatable bonds is 28. The Morgan fingerprint density at radius 1 is 0.294 bits per heavy atom. The highest BCUT2D eigenvalue weighted by molar-refractivity contribution is 5.92. The van der Waals surface area contributed by atoms with Crippen LogP contribution in [-0.2, 0) is 34.3 Å². The molecule has 0 spiro atoms. The summed E-state index contributed by atoms with van der Waals surface area (Å²) in [6.07, 6.45) is 18.5. The Morgan fingerprint density at radius 2 is 0.571 bits per heavy atom. The van der Waals surface area contributed by atoms with Gasteiger partial charge in [-0.1, -0.05) is 231 Å². The van der Waals surface area contributed by atoms with Crippen molar-refractivity contribution in [2.24, 2.45) is 0 Å². The van der Waals surface area contributed by atoms with Crippen LogP contribution >= 0.6 is 0 Å². The molecule has 0 aromatic heterocycles. The molecular weight excluding hydrogens is 1610 g/mol. The van der Waals surface area contributed by atoms with Crippen LogP contribution in [0.4, 0.5) is 0 Å². The van der Waals surface area contributed by atoms with Gasteiger partial charge in [0, 0.05) is 12.2 Å². The molecule has 0 bridgehead atoms. The van der Waals surface area contributed by atoms with E-state index in [0.29, 0.717) is 51.5 Å². The molecule has 0 fully saturated rings. The number of unbranched alkanes of at least 4 members (excludes halogenated alkanes) is 6. The van der Waals surface area contributed by atoms with E-state index in [1.165, 1.54) is 93.5 Å². The molecule has 11 rings (SSSR count). The SMILES string of the molecule is CC(C)(C)c1ccc(C(=O)O)cc1.CCCCCCCCc1ccc(C(=O)O)cc1.CCCCc1ccc(C(=O)O)cc1.CCOc1ccc(C(=O)O)cc1.CCc1ccc(C(=O)O)cc1.COc1ccc(/C=C/C(=O)O)cc1.COc1ccc(C(=O)O)cc1.Cc1ccc(C(=O)O)cc1.O=C(O)/C=C/c1ccccc1.O=C(O)c1ccc(-c2ccccc2)cc1. The fourth-order valence-electron chi connectivity index (χ4n) is 10.5. The fourth-order valence-corrected chi connectivity index (χ4v) is 10.5. The molecular formula is C103H114O23. The lowest BCUT2D eigenvalue weighted by atomic mass is 9.87. The van der Waals surface area contributed by atoms with E-state index in [-0.39, 0.29) is 16.5 Å². The summed E-state index contributed by atoms with van der Waals surface area (Å²) in [6, 6.07) is 80.8. The second-order valence-electron chi connectivity index (χ2n) is 28.4. The maximum atomic E-state index is 10.7. The van der Waals surface area contributed by atoms with Crippen LogP contribution in [0.25, 0.3) is 23.3 Å². The Hall–Kier alpha value is -15.0. The van der Waals surface area contributed by atoms with Gasteiger partial charge in [-0.3, -0.25) is 0 Å². The molecule has 23 heteroatoms. The third kappa shape index (κ3) is 47.3. The first kappa shape index (κ1) is 107. The maximum absolute atomic E-state index is 10.7. The van der Waals surface area contributed by atoms with Crippen molar-refractivity contribution in [1.82, 2.24) is 0 Å². The molecule has 0 amide bonds. The molecule has 0 radical (unpaired) electrons. The molecule has 0 saturated carbocycles. The number of aliphatic carboxylic acids is 2. The van der Waals surface area contributed by atoms with Crippen LogP contribution in [0.3, 0.4) is 0 Å². The highest BCUT2D eigenvalue weighted by Crippen LogP contribution is 2.24. The lowest BCUT2D eigenvalue weighted by molar-refractivity contribution is -0.132. The zero-order valence-corrected chi connectivity index (χ0v) is 72.6. The Morgan fingerprint density at radius 3 is 0.897 bits per heavy atom. The third-order valence-corrected chi connectivity index (χ3v) is 17.7. The average molecular weight is 1720 g/mol. The summed E-state index contributed by atoms with van der Waals surface area (Å²) in [4.78, 5) is 104. The lowest BCUT2D eigenvalue weighted by Gasteiger charge is -2.18. The van der Waals surface area contributed by atoms with Crippen molar-refractivity contribution in [1.29, 1.82) is 0 Å². The van der Waals surface area contributed by atoms with Crippen LogP contribution in [0.15, 0.2) is 291 Å². The average Bonchev–Trinajstić information content (AvgIpc) is 0.854. The maximum Gasteiger partial charge on any atom is 0.335 e. The van der Waals surface area contributed by atoms with E-state index in [1.807, 2.05) is 142 Å². The van der Waals surface area contributed by atoms with Crippen LogP contribution in [0, 0.1) is 6.92 Å². The van der Waals surface area contributed by atoms with E-state index in [1.54, 1.807) is 147 Å². The van der Waals surface area contributed by atoms with E-state index in [4.69, 9.17) is 65.3 Å². The van der Waals surface area contributed by atoms with Gasteiger partial charge >= 0.3 is 59.7 Å². The van der Waals surface area contributed by atoms with Crippen LogP contribution in [0.5, 0.6) is 17.2 Å². The highest BCUT2D eigenvalue weighted by Gasteiger charge is 2.14. The topological polar surface area (TPSA) is 401 Å². The van der Waals surface area contributed by atoms with Crippen LogP contribution < -0.4 is 14.2 Å². The second kappa shape index (κ2) is 61.3. The normalized spacial score (nSPS) is 9.98. The fraction of sp³-hybridized carbons (Fsp3) is 0.223. The van der Waals surface area contributed by atoms with E-state index in [9.17, 15) is 47.9 Å². The number of aromatic carboxylic acids is 8. The molecule has 10 N–H and O–H groups in total. The van der Waals surface area contributed by atoms with Crippen molar-refractivity contribution in [2.75, 3.05) is 20.8 Å². The molecule has 23 nitrogen and oxygen atoms in total. The Labute approximate surface area is 736 Å². The van der Waals surface area contributed by atoms with Crippen molar-refractivity contribution < 1.29 is 113 Å². The summed E-state index contributed by atoms with van der Waals surface area (Å²) < 4.78 is 15.0. The van der Waals surface area contributed by atoms with Gasteiger partial charge in [0.2, 0.25) is 0 Å². The zero-order valence-electron chi connectivity index (χ0n) is 72.6. The van der Waals surface area contributed by atoms with Crippen molar-refractivity contribution in [2.45, 2.75) is 131 Å². The van der Waals surface area contributed by atoms with E-state index >= 15 is 0 Å². The summed E-state index contributed by atoms with van der Waals surface area (Å²) in [5.41, 5.74) is 12.4. The van der Waals surface area contributed by atoms with Gasteiger partial charge < -0.3 is 65.3 Å². The van der Waals surface area contributed by atoms with Gasteiger partial charge in [0.1, 0.15) is 17.2 Å². The van der Waals surface area contributed by atoms with Gasteiger partial charge in [0.15, 0.2) is 0 Å². The summed E-state index contributed by atoms with van der Waals surface area (Å²) in [5.74, 6) is -6.82. The molecule has 664 valence electrons. The summed E-state index contributed by atoms with van der Waals surface area (Å²) in [6.45, 7) is 17.1. The molecule has 0 aliphatic carbocycles. The predicted octanol–water partition coefficient (Wildman–Crippen LogP) is 23.1. The molecule has 126 heavy (non-hydrogen) atoms. The Balaban J connectivity index is 0.000000476. The molecule has 0 saturated heterocycles. The van der Waals surface area contributed by atoms with Crippen molar-refractivity contribution in [3.8, 4) is 28.4 Å². The van der Waals surface area contributed by atoms with Crippen molar-refractivity contribution in [3.05, 3.63) is 375 Å². The highest BCUT2D eigenvalue weighted by atomic mass is 16.5. The number of benzene rings is 11. The standard InChI is InChI=1S/C15H22O2.C13H10O2.2C11H14O2.C10H10O3.C9H10O3.C9H10O2.C9H8O2.C8H8O3.C8H8O2/c1-2-3-4-5-6-7-8-13-9-11-14(12-10-13)15(16)17;14-13(15)12-8-6-11(7-9-12)10-4-2-1-3-5-10;1-11(2,3)9-6-4-8(5-7-9)10(12)13;1-2-3-4-9-5-7-10(8-6-9)11(12)13;1-13-9-5-2-8(3-6-9)4-7-10(11)12;1-2-12-8-5-3-7(4-6-8)9(10)11;1-2-7-3-5-8(6-4-7)9(10)11;10-9(11)7-6-8-4-2-1-3-5-8;1-11-7-4-2-6(3-5-7)8(9)10;1-6-2-4-7(5-3-6)8(9)10/h9-12H,2-8H2,1H3,(H,16,17);1-9H,(H,14,15);4-7H,1-3H3,(H,12,13);5-8H,2-4H2,1H3,(H,12,13);2-7H,1H3,(H,11,12);3-6H,2H2,1H3,(H,10,11);3-6H,2H2,1H3,(H,10,11);1-7H,(H,10,11);2-5H,1H3,(H,9,10);2-5H,1H3,(H,9,10)/b;;;;7-4+;;;7-6+;;. The Bertz CT molecular complexity index is 5020. The minimum absolute atomic E-state index is 0.0804. The van der Waals surface area contributed by atoms with E-state index in [2.05, 4.69) is 34.6 Å². The largest absolute Gasteiger partial charge is 0.497 e. The first-order chi connectivity index (χ1) is 60.1. The van der Waals surface area contributed by atoms with Crippen molar-refractivity contribution >= 4 is 71.8 Å². The molecule has 0 heterocycles. The predicted molar refractivity (Wildman–Crippen MR) is 492 cm³/mol. The molecule has 11 aromatic rings. The number of aryl methyl sites for hydroxylation is 4. The monoisotopic (exact) mass is 1720 g/mol. The second-order valence-corrected chi connectivity index (χ2v) is 28.4. The number of carboxylic acids is 10.